The molecule has 4 rings (SSSR count). The number of ether oxygens (including phenoxy) is 1. The first-order valence-electron chi connectivity index (χ1n) is 8.31. The second kappa shape index (κ2) is 6.22. The summed E-state index contributed by atoms with van der Waals surface area (Å²) in [4.78, 5) is 17.4. The molecule has 0 unspecified atom stereocenters. The first-order valence-corrected chi connectivity index (χ1v) is 8.31. The number of aromatic nitrogens is 2. The molecule has 25 heavy (non-hydrogen) atoms. The molecule has 0 saturated carbocycles. The van der Waals surface area contributed by atoms with Crippen LogP contribution in [0.15, 0.2) is 47.5 Å². The number of rotatable bonds is 2. The Morgan fingerprint density at radius 1 is 1.12 bits per heavy atom. The van der Waals surface area contributed by atoms with Gasteiger partial charge in [0.2, 0.25) is 0 Å². The zero-order chi connectivity index (χ0) is 17.4. The van der Waals surface area contributed by atoms with E-state index in [1.807, 2.05) is 24.3 Å². The van der Waals surface area contributed by atoms with E-state index in [-0.39, 0.29) is 17.4 Å². The molecule has 0 radical (unpaired) electrons. The van der Waals surface area contributed by atoms with Crippen LogP contribution in [0.3, 0.4) is 0 Å². The van der Waals surface area contributed by atoms with Crippen LogP contribution in [-0.2, 0) is 4.74 Å². The van der Waals surface area contributed by atoms with E-state index in [2.05, 4.69) is 4.98 Å². The third-order valence-corrected chi connectivity index (χ3v) is 4.73. The summed E-state index contributed by atoms with van der Waals surface area (Å²) < 4.78 is 7.09. The lowest BCUT2D eigenvalue weighted by Gasteiger charge is -2.24. The van der Waals surface area contributed by atoms with E-state index in [0.717, 1.165) is 24.0 Å². The minimum Gasteiger partial charge on any atom is -0.506 e. The van der Waals surface area contributed by atoms with Crippen LogP contribution in [0.2, 0.25) is 0 Å². The number of phenols is 1. The molecule has 0 amide bonds. The standard InChI is InChI=1S/C19H19N3O3/c20-16-3-1-13(10-18(16)23)12-2-4-17-15(9-12)19(24)22(11-21-17)14-5-7-25-8-6-14/h1-4,9-11,14,23H,5-8,20H2. The van der Waals surface area contributed by atoms with E-state index in [0.29, 0.717) is 29.8 Å². The van der Waals surface area contributed by atoms with Gasteiger partial charge in [0.05, 0.1) is 22.9 Å². The van der Waals surface area contributed by atoms with Crippen LogP contribution in [0, 0.1) is 0 Å². The Morgan fingerprint density at radius 2 is 1.84 bits per heavy atom. The van der Waals surface area contributed by atoms with Gasteiger partial charge in [-0.1, -0.05) is 12.1 Å². The molecule has 128 valence electrons. The summed E-state index contributed by atoms with van der Waals surface area (Å²) in [6.45, 7) is 1.33. The highest BCUT2D eigenvalue weighted by Gasteiger charge is 2.18. The van der Waals surface area contributed by atoms with Crippen molar-refractivity contribution in [3.63, 3.8) is 0 Å². The fraction of sp³-hybridized carbons (Fsp3) is 0.263. The molecule has 1 fully saturated rings. The van der Waals surface area contributed by atoms with Gasteiger partial charge in [-0.2, -0.15) is 0 Å². The zero-order valence-corrected chi connectivity index (χ0v) is 13.7. The summed E-state index contributed by atoms with van der Waals surface area (Å²) in [7, 11) is 0. The fourth-order valence-corrected chi connectivity index (χ4v) is 3.26. The number of anilines is 1. The predicted molar refractivity (Wildman–Crippen MR) is 96.6 cm³/mol. The number of phenolic OH excluding ortho intramolecular Hbond substituents is 1. The molecule has 3 N–H and O–H groups in total. The number of benzene rings is 2. The Hall–Kier alpha value is -2.86. The Kier molecular flexibility index (Phi) is 3.89. The molecule has 6 nitrogen and oxygen atoms in total. The molecule has 2 heterocycles. The summed E-state index contributed by atoms with van der Waals surface area (Å²) in [5, 5.41) is 10.4. The number of hydrogen-bond acceptors (Lipinski definition) is 5. The van der Waals surface area contributed by atoms with Crippen molar-refractivity contribution in [3.05, 3.63) is 53.1 Å². The molecule has 1 aliphatic heterocycles. The smallest absolute Gasteiger partial charge is 0.261 e. The molecule has 0 aliphatic carbocycles. The van der Waals surface area contributed by atoms with Gasteiger partial charge in [0.15, 0.2) is 0 Å². The van der Waals surface area contributed by atoms with Crippen molar-refractivity contribution in [3.8, 4) is 16.9 Å². The highest BCUT2D eigenvalue weighted by atomic mass is 16.5. The molecular weight excluding hydrogens is 318 g/mol. The molecule has 1 aromatic heterocycles. The number of nitrogen functional groups attached to an aromatic ring is 1. The van der Waals surface area contributed by atoms with E-state index >= 15 is 0 Å². The number of nitrogens with two attached hydrogens (primary N) is 1. The third kappa shape index (κ3) is 2.85. The summed E-state index contributed by atoms with van der Waals surface area (Å²) in [6.07, 6.45) is 3.27. The van der Waals surface area contributed by atoms with Crippen molar-refractivity contribution < 1.29 is 9.84 Å². The van der Waals surface area contributed by atoms with Crippen molar-refractivity contribution >= 4 is 16.6 Å². The summed E-state index contributed by atoms with van der Waals surface area (Å²) >= 11 is 0. The van der Waals surface area contributed by atoms with Crippen LogP contribution in [0.4, 0.5) is 5.69 Å². The van der Waals surface area contributed by atoms with Crippen molar-refractivity contribution in [2.75, 3.05) is 18.9 Å². The third-order valence-electron chi connectivity index (χ3n) is 4.73. The van der Waals surface area contributed by atoms with E-state index in [1.165, 1.54) is 0 Å². The van der Waals surface area contributed by atoms with Crippen molar-refractivity contribution in [1.29, 1.82) is 0 Å². The minimum absolute atomic E-state index is 0.0309. The largest absolute Gasteiger partial charge is 0.506 e. The van der Waals surface area contributed by atoms with E-state index in [1.54, 1.807) is 23.0 Å². The Bertz CT molecular complexity index is 991. The number of hydrogen-bond donors (Lipinski definition) is 2. The number of aromatic hydroxyl groups is 1. The maximum Gasteiger partial charge on any atom is 0.261 e. The van der Waals surface area contributed by atoms with Crippen LogP contribution < -0.4 is 11.3 Å². The maximum atomic E-state index is 12.9. The summed E-state index contributed by atoms with van der Waals surface area (Å²) in [5.74, 6) is 0.0309. The normalized spacial score (nSPS) is 15.5. The monoisotopic (exact) mass is 337 g/mol. The molecule has 0 atom stereocenters. The van der Waals surface area contributed by atoms with Crippen LogP contribution in [0.5, 0.6) is 5.75 Å². The highest BCUT2D eigenvalue weighted by Crippen LogP contribution is 2.29. The fourth-order valence-electron chi connectivity index (χ4n) is 3.26. The number of nitrogens with zero attached hydrogens (tertiary/aromatic N) is 2. The molecule has 3 aromatic rings. The maximum absolute atomic E-state index is 12.9. The van der Waals surface area contributed by atoms with Crippen LogP contribution in [0.25, 0.3) is 22.0 Å². The molecule has 0 bridgehead atoms. The molecular formula is C19H19N3O3. The molecule has 6 heteroatoms. The van der Waals surface area contributed by atoms with Crippen molar-refractivity contribution in [2.45, 2.75) is 18.9 Å². The molecule has 1 saturated heterocycles. The van der Waals surface area contributed by atoms with Crippen LogP contribution in [-0.4, -0.2) is 27.9 Å². The van der Waals surface area contributed by atoms with Gasteiger partial charge in [0.25, 0.3) is 5.56 Å². The average Bonchev–Trinajstić information content (AvgIpc) is 2.65. The second-order valence-electron chi connectivity index (χ2n) is 6.31. The lowest BCUT2D eigenvalue weighted by molar-refractivity contribution is 0.0685. The minimum atomic E-state index is -0.0431. The molecule has 2 aromatic carbocycles. The first-order chi connectivity index (χ1) is 12.1. The van der Waals surface area contributed by atoms with Crippen molar-refractivity contribution in [1.82, 2.24) is 9.55 Å². The number of fused-ring (bicyclic) bond motifs is 1. The lowest BCUT2D eigenvalue weighted by atomic mass is 10.0. The van der Waals surface area contributed by atoms with Gasteiger partial charge in [-0.15, -0.1) is 0 Å². The van der Waals surface area contributed by atoms with Gasteiger partial charge in [-0.3, -0.25) is 9.36 Å². The SMILES string of the molecule is Nc1ccc(-c2ccc3ncn(C4CCOCC4)c(=O)c3c2)cc1O. The van der Waals surface area contributed by atoms with Crippen molar-refractivity contribution in [2.24, 2.45) is 0 Å². The summed E-state index contributed by atoms with van der Waals surface area (Å²) in [6, 6.07) is 10.7. The van der Waals surface area contributed by atoms with Gasteiger partial charge >= 0.3 is 0 Å². The van der Waals surface area contributed by atoms with Gasteiger partial charge in [0, 0.05) is 19.3 Å². The van der Waals surface area contributed by atoms with E-state index in [9.17, 15) is 9.90 Å². The predicted octanol–water partition coefficient (Wildman–Crippen LogP) is 2.70. The first kappa shape index (κ1) is 15.7. The Balaban J connectivity index is 1.82. The van der Waals surface area contributed by atoms with Crippen LogP contribution in [0.1, 0.15) is 18.9 Å². The Morgan fingerprint density at radius 3 is 2.60 bits per heavy atom. The van der Waals surface area contributed by atoms with Gasteiger partial charge in [0.1, 0.15) is 5.75 Å². The van der Waals surface area contributed by atoms with E-state index in [4.69, 9.17) is 10.5 Å². The lowest BCUT2D eigenvalue weighted by Crippen LogP contribution is -2.29. The second-order valence-corrected chi connectivity index (χ2v) is 6.31. The quantitative estimate of drug-likeness (QED) is 0.554. The highest BCUT2D eigenvalue weighted by molar-refractivity contribution is 5.84. The molecule has 1 aliphatic rings. The molecule has 0 spiro atoms. The Labute approximate surface area is 144 Å². The van der Waals surface area contributed by atoms with Gasteiger partial charge in [-0.05, 0) is 48.2 Å². The van der Waals surface area contributed by atoms with E-state index < -0.39 is 0 Å². The topological polar surface area (TPSA) is 90.4 Å². The van der Waals surface area contributed by atoms with Gasteiger partial charge in [-0.25, -0.2) is 4.98 Å². The zero-order valence-electron chi connectivity index (χ0n) is 13.7. The summed E-state index contributed by atoms with van der Waals surface area (Å²) in [5.41, 5.74) is 8.25. The van der Waals surface area contributed by atoms with Crippen LogP contribution >= 0.6 is 0 Å². The van der Waals surface area contributed by atoms with Gasteiger partial charge < -0.3 is 15.6 Å². The average molecular weight is 337 g/mol.